The van der Waals surface area contributed by atoms with Crippen LogP contribution in [0.4, 0.5) is 11.6 Å². The molecule has 7 heteroatoms. The van der Waals surface area contributed by atoms with Gasteiger partial charge < -0.3 is 10.3 Å². The molecule has 82 valence electrons. The second-order valence-electron chi connectivity index (χ2n) is 3.03. The average molecular weight is 240 g/mol. The van der Waals surface area contributed by atoms with Crippen molar-refractivity contribution in [3.05, 3.63) is 39.4 Å². The van der Waals surface area contributed by atoms with Crippen molar-refractivity contribution in [3.63, 3.8) is 0 Å². The van der Waals surface area contributed by atoms with E-state index in [1.54, 1.807) is 0 Å². The van der Waals surface area contributed by atoms with Gasteiger partial charge in [0.15, 0.2) is 0 Å². The van der Waals surface area contributed by atoms with Crippen molar-refractivity contribution in [1.29, 1.82) is 0 Å². The summed E-state index contributed by atoms with van der Waals surface area (Å²) in [5, 5.41) is 14.8. The molecule has 6 nitrogen and oxygen atoms in total. The van der Waals surface area contributed by atoms with Crippen LogP contribution in [0.5, 0.6) is 0 Å². The molecule has 1 heterocycles. The highest BCUT2D eigenvalue weighted by atomic mass is 35.5. The second kappa shape index (κ2) is 3.82. The first kappa shape index (κ1) is 10.4. The molecule has 0 fully saturated rings. The van der Waals surface area contributed by atoms with Gasteiger partial charge in [-0.25, -0.2) is 0 Å². The summed E-state index contributed by atoms with van der Waals surface area (Å²) in [6, 6.07) is 5.59. The van der Waals surface area contributed by atoms with E-state index >= 15 is 0 Å². The lowest BCUT2D eigenvalue weighted by Gasteiger charge is -1.98. The first-order valence-corrected chi connectivity index (χ1v) is 4.62. The molecule has 0 saturated carbocycles. The van der Waals surface area contributed by atoms with Crippen LogP contribution < -0.4 is 5.73 Å². The zero-order valence-electron chi connectivity index (χ0n) is 7.88. The summed E-state index contributed by atoms with van der Waals surface area (Å²) in [6.07, 6.45) is 0. The predicted molar refractivity (Wildman–Crippen MR) is 58.0 cm³/mol. The van der Waals surface area contributed by atoms with Crippen LogP contribution in [0.3, 0.4) is 0 Å². The number of anilines is 1. The summed E-state index contributed by atoms with van der Waals surface area (Å²) in [5.41, 5.74) is 5.81. The monoisotopic (exact) mass is 239 g/mol. The Labute approximate surface area is 94.7 Å². The quantitative estimate of drug-likeness (QED) is 0.642. The molecule has 0 aliphatic rings. The third kappa shape index (κ3) is 1.82. The largest absolute Gasteiger partial charge is 0.368 e. The Bertz CT molecular complexity index is 553. The number of nitro benzene ring substituents is 1. The van der Waals surface area contributed by atoms with Crippen molar-refractivity contribution in [2.24, 2.45) is 0 Å². The van der Waals surface area contributed by atoms with E-state index < -0.39 is 4.92 Å². The van der Waals surface area contributed by atoms with Gasteiger partial charge in [-0.2, -0.15) is 0 Å². The van der Waals surface area contributed by atoms with Gasteiger partial charge in [0.05, 0.1) is 10.5 Å². The van der Waals surface area contributed by atoms with Crippen LogP contribution in [0.1, 0.15) is 0 Å². The number of nitro groups is 1. The Hall–Kier alpha value is -2.08. The maximum absolute atomic E-state index is 10.8. The van der Waals surface area contributed by atoms with Crippen molar-refractivity contribution in [2.75, 3.05) is 5.73 Å². The van der Waals surface area contributed by atoms with Crippen molar-refractivity contribution < 1.29 is 9.45 Å². The van der Waals surface area contributed by atoms with E-state index in [0.717, 1.165) is 0 Å². The topological polar surface area (TPSA) is 95.2 Å². The fraction of sp³-hybridized carbons (Fsp3) is 0. The molecule has 0 aliphatic heterocycles. The number of benzene rings is 1. The molecule has 0 aliphatic carbocycles. The van der Waals surface area contributed by atoms with E-state index in [4.69, 9.17) is 17.3 Å². The fourth-order valence-corrected chi connectivity index (χ4v) is 1.46. The second-order valence-corrected chi connectivity index (χ2v) is 3.47. The zero-order valence-corrected chi connectivity index (χ0v) is 8.64. The molecular weight excluding hydrogens is 234 g/mol. The lowest BCUT2D eigenvalue weighted by Crippen LogP contribution is -1.91. The smallest absolute Gasteiger partial charge is 0.278 e. The van der Waals surface area contributed by atoms with Crippen LogP contribution in [0.2, 0.25) is 5.02 Å². The molecule has 0 bridgehead atoms. The van der Waals surface area contributed by atoms with Gasteiger partial charge in [-0.1, -0.05) is 16.8 Å². The zero-order chi connectivity index (χ0) is 11.7. The lowest BCUT2D eigenvalue weighted by atomic mass is 10.1. The van der Waals surface area contributed by atoms with Gasteiger partial charge in [0.25, 0.3) is 5.69 Å². The highest BCUT2D eigenvalue weighted by Gasteiger charge is 2.18. The number of nitrogen functional groups attached to an aromatic ring is 1. The number of nitrogens with zero attached hydrogens (tertiary/aromatic N) is 2. The van der Waals surface area contributed by atoms with Crippen molar-refractivity contribution in [2.45, 2.75) is 0 Å². The number of rotatable bonds is 2. The van der Waals surface area contributed by atoms with E-state index in [1.807, 2.05) is 0 Å². The Morgan fingerprint density at radius 1 is 1.44 bits per heavy atom. The lowest BCUT2D eigenvalue weighted by molar-refractivity contribution is -0.384. The third-order valence-electron chi connectivity index (χ3n) is 1.96. The molecule has 2 aromatic rings. The van der Waals surface area contributed by atoms with Crippen LogP contribution in [0, 0.1) is 10.1 Å². The highest BCUT2D eigenvalue weighted by Crippen LogP contribution is 2.32. The molecule has 0 radical (unpaired) electrons. The Morgan fingerprint density at radius 3 is 2.75 bits per heavy atom. The van der Waals surface area contributed by atoms with E-state index in [-0.39, 0.29) is 22.8 Å². The first-order valence-electron chi connectivity index (χ1n) is 4.24. The minimum Gasteiger partial charge on any atom is -0.368 e. The standard InChI is InChI=1S/C9H6ClN3O3/c10-5-1-2-8(13(14)15)6(3-5)7-4-9(11)16-12-7/h1-4H,11H2. The maximum Gasteiger partial charge on any atom is 0.278 e. The van der Waals surface area contributed by atoms with E-state index in [2.05, 4.69) is 9.68 Å². The number of hydrogen-bond donors (Lipinski definition) is 1. The van der Waals surface area contributed by atoms with Gasteiger partial charge in [-0.3, -0.25) is 10.1 Å². The molecule has 0 amide bonds. The summed E-state index contributed by atoms with van der Waals surface area (Å²) in [5.74, 6) is 0.0873. The minimum absolute atomic E-state index is 0.0873. The van der Waals surface area contributed by atoms with Crippen LogP contribution in [-0.2, 0) is 0 Å². The highest BCUT2D eigenvalue weighted by molar-refractivity contribution is 6.31. The van der Waals surface area contributed by atoms with E-state index in [0.29, 0.717) is 5.02 Å². The summed E-state index contributed by atoms with van der Waals surface area (Å²) in [6.45, 7) is 0. The molecule has 2 N–H and O–H groups in total. The molecule has 16 heavy (non-hydrogen) atoms. The number of aromatic nitrogens is 1. The predicted octanol–water partition coefficient (Wildman–Crippen LogP) is 2.49. The summed E-state index contributed by atoms with van der Waals surface area (Å²) >= 11 is 5.77. The Balaban J connectivity index is 2.62. The number of halogens is 1. The van der Waals surface area contributed by atoms with Gasteiger partial charge in [0, 0.05) is 17.2 Å². The van der Waals surface area contributed by atoms with Crippen LogP contribution >= 0.6 is 11.6 Å². The number of hydrogen-bond acceptors (Lipinski definition) is 5. The molecule has 0 atom stereocenters. The van der Waals surface area contributed by atoms with Crippen LogP contribution in [0.15, 0.2) is 28.8 Å². The van der Waals surface area contributed by atoms with Crippen molar-refractivity contribution in [1.82, 2.24) is 5.16 Å². The molecule has 1 aromatic carbocycles. The molecule has 0 unspecified atom stereocenters. The van der Waals surface area contributed by atoms with Gasteiger partial charge in [0.1, 0.15) is 5.69 Å². The van der Waals surface area contributed by atoms with Crippen molar-refractivity contribution in [3.8, 4) is 11.3 Å². The van der Waals surface area contributed by atoms with Crippen LogP contribution in [-0.4, -0.2) is 10.1 Å². The van der Waals surface area contributed by atoms with E-state index in [9.17, 15) is 10.1 Å². The van der Waals surface area contributed by atoms with Crippen LogP contribution in [0.25, 0.3) is 11.3 Å². The summed E-state index contributed by atoms with van der Waals surface area (Å²) < 4.78 is 4.66. The van der Waals surface area contributed by atoms with Gasteiger partial charge in [-0.15, -0.1) is 0 Å². The minimum atomic E-state index is -0.517. The summed E-state index contributed by atoms with van der Waals surface area (Å²) in [4.78, 5) is 10.3. The Kier molecular flexibility index (Phi) is 2.49. The van der Waals surface area contributed by atoms with Gasteiger partial charge in [0.2, 0.25) is 5.88 Å². The normalized spacial score (nSPS) is 10.3. The molecular formula is C9H6ClN3O3. The molecule has 0 saturated heterocycles. The molecule has 1 aromatic heterocycles. The average Bonchev–Trinajstić information content (AvgIpc) is 2.64. The Morgan fingerprint density at radius 2 is 2.19 bits per heavy atom. The van der Waals surface area contributed by atoms with Gasteiger partial charge in [-0.05, 0) is 12.1 Å². The van der Waals surface area contributed by atoms with Gasteiger partial charge >= 0.3 is 0 Å². The number of nitrogens with two attached hydrogens (primary N) is 1. The van der Waals surface area contributed by atoms with E-state index in [1.165, 1.54) is 24.3 Å². The molecule has 0 spiro atoms. The van der Waals surface area contributed by atoms with Crippen molar-refractivity contribution >= 4 is 23.2 Å². The summed E-state index contributed by atoms with van der Waals surface area (Å²) in [7, 11) is 0. The SMILES string of the molecule is Nc1cc(-c2cc(Cl)ccc2[N+](=O)[O-])no1. The fourth-order valence-electron chi connectivity index (χ4n) is 1.29. The molecule has 2 rings (SSSR count). The first-order chi connectivity index (χ1) is 7.58. The maximum atomic E-state index is 10.8. The third-order valence-corrected chi connectivity index (χ3v) is 2.19.